The summed E-state index contributed by atoms with van der Waals surface area (Å²) in [6.07, 6.45) is 8.26. The maximum Gasteiger partial charge on any atom is 0.138 e. The van der Waals surface area contributed by atoms with Crippen molar-refractivity contribution in [3.8, 4) is 0 Å². The molecule has 0 aliphatic carbocycles. The molecule has 0 radical (unpaired) electrons. The summed E-state index contributed by atoms with van der Waals surface area (Å²) < 4.78 is 2.01. The number of hydrogen-bond donors (Lipinski definition) is 1. The lowest BCUT2D eigenvalue weighted by Crippen LogP contribution is -2.19. The van der Waals surface area contributed by atoms with E-state index in [-0.39, 0.29) is 0 Å². The lowest BCUT2D eigenvalue weighted by Gasteiger charge is -2.09. The van der Waals surface area contributed by atoms with Crippen LogP contribution in [0.1, 0.15) is 51.8 Å². The highest BCUT2D eigenvalue weighted by Gasteiger charge is 2.05. The highest BCUT2D eigenvalue weighted by Crippen LogP contribution is 2.06. The summed E-state index contributed by atoms with van der Waals surface area (Å²) in [6, 6.07) is 0.354. The molecule has 1 atom stereocenters. The molecule has 1 aromatic heterocycles. The Morgan fingerprint density at radius 3 is 2.81 bits per heavy atom. The number of rotatable bonds is 8. The summed E-state index contributed by atoms with van der Waals surface area (Å²) in [4.78, 5) is 4.29. The lowest BCUT2D eigenvalue weighted by atomic mass is 10.1. The quantitative estimate of drug-likeness (QED) is 0.736. The van der Waals surface area contributed by atoms with E-state index in [1.165, 1.54) is 6.42 Å². The first-order chi connectivity index (χ1) is 7.77. The summed E-state index contributed by atoms with van der Waals surface area (Å²) in [6.45, 7) is 5.30. The van der Waals surface area contributed by atoms with Crippen molar-refractivity contribution in [3.05, 3.63) is 12.2 Å². The zero-order valence-corrected chi connectivity index (χ0v) is 10.5. The van der Waals surface area contributed by atoms with Gasteiger partial charge in [0.05, 0.1) is 0 Å². The fraction of sp³-hybridized carbons (Fsp3) is 0.833. The Bertz CT molecular complexity index is 282. The molecule has 92 valence electrons. The molecule has 0 bridgehead atoms. The number of hydrogen-bond acceptors (Lipinski definition) is 3. The molecule has 0 amide bonds. The van der Waals surface area contributed by atoms with Gasteiger partial charge in [0.25, 0.3) is 0 Å². The molecule has 0 spiro atoms. The highest BCUT2D eigenvalue weighted by atomic mass is 15.3. The third-order valence-corrected chi connectivity index (χ3v) is 2.77. The fourth-order valence-electron chi connectivity index (χ4n) is 1.92. The van der Waals surface area contributed by atoms with Crippen LogP contribution in [-0.2, 0) is 13.0 Å². The Hall–Kier alpha value is -0.900. The van der Waals surface area contributed by atoms with Crippen molar-refractivity contribution in [2.75, 3.05) is 0 Å². The highest BCUT2D eigenvalue weighted by molar-refractivity contribution is 4.84. The second-order valence-corrected chi connectivity index (χ2v) is 4.34. The van der Waals surface area contributed by atoms with Crippen molar-refractivity contribution < 1.29 is 0 Å². The number of nitrogens with zero attached hydrogens (tertiary/aromatic N) is 3. The topological polar surface area (TPSA) is 56.7 Å². The largest absolute Gasteiger partial charge is 0.328 e. The first kappa shape index (κ1) is 13.2. The van der Waals surface area contributed by atoms with Crippen LogP contribution in [0.15, 0.2) is 6.33 Å². The van der Waals surface area contributed by atoms with E-state index in [1.54, 1.807) is 6.33 Å². The van der Waals surface area contributed by atoms with Gasteiger partial charge in [-0.3, -0.25) is 4.68 Å². The van der Waals surface area contributed by atoms with Crippen molar-refractivity contribution in [2.45, 2.75) is 65.0 Å². The lowest BCUT2D eigenvalue weighted by molar-refractivity contribution is 0.515. The summed E-state index contributed by atoms with van der Waals surface area (Å²) in [5, 5.41) is 4.21. The van der Waals surface area contributed by atoms with Crippen LogP contribution >= 0.6 is 0 Å². The van der Waals surface area contributed by atoms with Gasteiger partial charge in [0.1, 0.15) is 12.2 Å². The monoisotopic (exact) mass is 224 g/mol. The molecule has 0 fully saturated rings. The van der Waals surface area contributed by atoms with E-state index >= 15 is 0 Å². The van der Waals surface area contributed by atoms with Gasteiger partial charge >= 0.3 is 0 Å². The first-order valence-corrected chi connectivity index (χ1v) is 6.40. The number of aryl methyl sites for hydroxylation is 2. The molecule has 1 heterocycles. The van der Waals surface area contributed by atoms with E-state index in [1.807, 2.05) is 4.68 Å². The minimum atomic E-state index is 0.354. The predicted octanol–water partition coefficient (Wildman–Crippen LogP) is 2.14. The SMILES string of the molecule is CCCC(N)CCCc1ncnn1CCC. The Morgan fingerprint density at radius 1 is 1.31 bits per heavy atom. The zero-order valence-electron chi connectivity index (χ0n) is 10.5. The Kier molecular flexibility index (Phi) is 6.08. The maximum atomic E-state index is 5.98. The van der Waals surface area contributed by atoms with Crippen LogP contribution in [0.25, 0.3) is 0 Å². The molecule has 0 saturated heterocycles. The average molecular weight is 224 g/mol. The minimum Gasteiger partial charge on any atom is -0.328 e. The summed E-state index contributed by atoms with van der Waals surface area (Å²) in [5.41, 5.74) is 5.98. The first-order valence-electron chi connectivity index (χ1n) is 6.40. The number of nitrogens with two attached hydrogens (primary N) is 1. The Morgan fingerprint density at radius 2 is 2.12 bits per heavy atom. The van der Waals surface area contributed by atoms with Gasteiger partial charge in [-0.2, -0.15) is 5.10 Å². The summed E-state index contributed by atoms with van der Waals surface area (Å²) >= 11 is 0. The third kappa shape index (κ3) is 4.31. The van der Waals surface area contributed by atoms with Gasteiger partial charge in [-0.1, -0.05) is 20.3 Å². The molecule has 16 heavy (non-hydrogen) atoms. The van der Waals surface area contributed by atoms with Crippen LogP contribution < -0.4 is 5.73 Å². The summed E-state index contributed by atoms with van der Waals surface area (Å²) in [7, 11) is 0. The van der Waals surface area contributed by atoms with Gasteiger partial charge in [0.2, 0.25) is 0 Å². The Labute approximate surface area is 98.2 Å². The normalized spacial score (nSPS) is 12.9. The summed E-state index contributed by atoms with van der Waals surface area (Å²) in [5.74, 6) is 1.10. The van der Waals surface area contributed by atoms with Crippen molar-refractivity contribution in [3.63, 3.8) is 0 Å². The van der Waals surface area contributed by atoms with Gasteiger partial charge in [0, 0.05) is 19.0 Å². The van der Waals surface area contributed by atoms with E-state index in [0.717, 1.165) is 44.5 Å². The van der Waals surface area contributed by atoms with Gasteiger partial charge < -0.3 is 5.73 Å². The molecule has 1 unspecified atom stereocenters. The minimum absolute atomic E-state index is 0.354. The van der Waals surface area contributed by atoms with Crippen LogP contribution in [0.2, 0.25) is 0 Å². The second-order valence-electron chi connectivity index (χ2n) is 4.34. The van der Waals surface area contributed by atoms with Gasteiger partial charge in [-0.05, 0) is 25.7 Å². The molecule has 0 aliphatic rings. The van der Waals surface area contributed by atoms with E-state index in [0.29, 0.717) is 6.04 Å². The molecular weight excluding hydrogens is 200 g/mol. The average Bonchev–Trinajstić information content (AvgIpc) is 2.67. The molecule has 2 N–H and O–H groups in total. The molecule has 4 nitrogen and oxygen atoms in total. The van der Waals surface area contributed by atoms with Crippen molar-refractivity contribution in [1.82, 2.24) is 14.8 Å². The van der Waals surface area contributed by atoms with Crippen molar-refractivity contribution in [1.29, 1.82) is 0 Å². The van der Waals surface area contributed by atoms with Crippen LogP contribution in [0.5, 0.6) is 0 Å². The van der Waals surface area contributed by atoms with Gasteiger partial charge in [0.15, 0.2) is 0 Å². The van der Waals surface area contributed by atoms with Crippen LogP contribution in [0.3, 0.4) is 0 Å². The van der Waals surface area contributed by atoms with Crippen molar-refractivity contribution >= 4 is 0 Å². The second kappa shape index (κ2) is 7.39. The number of aromatic nitrogens is 3. The van der Waals surface area contributed by atoms with E-state index in [4.69, 9.17) is 5.73 Å². The zero-order chi connectivity index (χ0) is 11.8. The maximum absolute atomic E-state index is 5.98. The van der Waals surface area contributed by atoms with E-state index in [9.17, 15) is 0 Å². The molecular formula is C12H24N4. The third-order valence-electron chi connectivity index (χ3n) is 2.77. The molecule has 0 saturated carbocycles. The predicted molar refractivity (Wildman–Crippen MR) is 66.1 cm³/mol. The van der Waals surface area contributed by atoms with Crippen molar-refractivity contribution in [2.24, 2.45) is 5.73 Å². The van der Waals surface area contributed by atoms with E-state index < -0.39 is 0 Å². The van der Waals surface area contributed by atoms with Crippen LogP contribution in [0, 0.1) is 0 Å². The van der Waals surface area contributed by atoms with Gasteiger partial charge in [-0.15, -0.1) is 0 Å². The molecule has 1 aromatic rings. The van der Waals surface area contributed by atoms with Crippen LogP contribution in [-0.4, -0.2) is 20.8 Å². The smallest absolute Gasteiger partial charge is 0.138 e. The molecule has 1 rings (SSSR count). The van der Waals surface area contributed by atoms with Gasteiger partial charge in [-0.25, -0.2) is 4.98 Å². The fourth-order valence-corrected chi connectivity index (χ4v) is 1.92. The van der Waals surface area contributed by atoms with Crippen LogP contribution in [0.4, 0.5) is 0 Å². The molecule has 0 aromatic carbocycles. The van der Waals surface area contributed by atoms with E-state index in [2.05, 4.69) is 23.9 Å². The Balaban J connectivity index is 2.28. The molecule has 0 aliphatic heterocycles. The standard InChI is InChI=1S/C12H24N4/c1-3-6-11(13)7-5-8-12-14-10-15-16(12)9-4-2/h10-11H,3-9,13H2,1-2H3. The molecule has 4 heteroatoms.